The lowest BCUT2D eigenvalue weighted by Crippen LogP contribution is -2.24. The smallest absolute Gasteiger partial charge is 0.157 e. The minimum absolute atomic E-state index is 0.0998. The fourth-order valence-electron chi connectivity index (χ4n) is 2.73. The Hall–Kier alpha value is -0.0800. The van der Waals surface area contributed by atoms with Crippen LogP contribution in [0.1, 0.15) is 84.5 Å². The second kappa shape index (κ2) is 11.7. The van der Waals surface area contributed by atoms with Gasteiger partial charge in [-0.1, -0.05) is 65.2 Å². The zero-order valence-electron chi connectivity index (χ0n) is 13.2. The van der Waals surface area contributed by atoms with Crippen molar-refractivity contribution in [2.24, 2.45) is 5.92 Å². The minimum Gasteiger partial charge on any atom is -0.353 e. The molecule has 1 saturated heterocycles. The first kappa shape index (κ1) is 17.0. The van der Waals surface area contributed by atoms with Crippen molar-refractivity contribution >= 4 is 0 Å². The van der Waals surface area contributed by atoms with Crippen molar-refractivity contribution in [3.05, 3.63) is 0 Å². The van der Waals surface area contributed by atoms with Gasteiger partial charge in [-0.3, -0.25) is 0 Å². The Kier molecular flexibility index (Phi) is 10.5. The molecule has 0 aliphatic carbocycles. The van der Waals surface area contributed by atoms with Crippen molar-refractivity contribution in [2.45, 2.75) is 90.8 Å². The van der Waals surface area contributed by atoms with Crippen LogP contribution in [0.4, 0.5) is 0 Å². The van der Waals surface area contributed by atoms with E-state index in [1.165, 1.54) is 57.8 Å². The van der Waals surface area contributed by atoms with Crippen LogP contribution in [-0.4, -0.2) is 19.5 Å². The van der Waals surface area contributed by atoms with Crippen LogP contribution < -0.4 is 0 Å². The third-order valence-electron chi connectivity index (χ3n) is 4.08. The maximum atomic E-state index is 5.55. The fourth-order valence-corrected chi connectivity index (χ4v) is 2.73. The lowest BCUT2D eigenvalue weighted by Gasteiger charge is -2.22. The summed E-state index contributed by atoms with van der Waals surface area (Å²) >= 11 is 0. The number of hydrogen-bond acceptors (Lipinski definition) is 2. The third kappa shape index (κ3) is 9.45. The molecule has 0 spiro atoms. The summed E-state index contributed by atoms with van der Waals surface area (Å²) < 4.78 is 11.1. The normalized spacial score (nSPS) is 18.6. The van der Waals surface area contributed by atoms with Crippen LogP contribution in [0.2, 0.25) is 0 Å². The van der Waals surface area contributed by atoms with Crippen LogP contribution in [0.25, 0.3) is 0 Å². The highest BCUT2D eigenvalue weighted by Gasteiger charge is 2.12. The van der Waals surface area contributed by atoms with Crippen molar-refractivity contribution in [1.29, 1.82) is 0 Å². The highest BCUT2D eigenvalue weighted by molar-refractivity contribution is 4.56. The topological polar surface area (TPSA) is 18.5 Å². The Morgan fingerprint density at radius 2 is 1.53 bits per heavy atom. The van der Waals surface area contributed by atoms with E-state index in [1.54, 1.807) is 0 Å². The Morgan fingerprint density at radius 1 is 0.895 bits per heavy atom. The Balaban J connectivity index is 1.80. The summed E-state index contributed by atoms with van der Waals surface area (Å²) in [4.78, 5) is 0. The first-order chi connectivity index (χ1) is 9.33. The van der Waals surface area contributed by atoms with Crippen molar-refractivity contribution in [1.82, 2.24) is 0 Å². The molecule has 0 amide bonds. The van der Waals surface area contributed by atoms with E-state index in [0.717, 1.165) is 32.0 Å². The quantitative estimate of drug-likeness (QED) is 0.474. The summed E-state index contributed by atoms with van der Waals surface area (Å²) in [6, 6.07) is 0. The molecule has 1 aliphatic heterocycles. The number of ether oxygens (including phenoxy) is 2. The van der Waals surface area contributed by atoms with E-state index in [4.69, 9.17) is 9.47 Å². The average molecular weight is 270 g/mol. The Morgan fingerprint density at radius 3 is 2.26 bits per heavy atom. The van der Waals surface area contributed by atoms with Crippen molar-refractivity contribution < 1.29 is 9.47 Å². The molecule has 114 valence electrons. The van der Waals surface area contributed by atoms with E-state index >= 15 is 0 Å². The van der Waals surface area contributed by atoms with Gasteiger partial charge >= 0.3 is 0 Å². The SMILES string of the molecule is CCCCC(C)CCCCCCCC1OCCCO1. The van der Waals surface area contributed by atoms with Gasteiger partial charge in [-0.15, -0.1) is 0 Å². The van der Waals surface area contributed by atoms with E-state index in [1.807, 2.05) is 0 Å². The average Bonchev–Trinajstić information content (AvgIpc) is 2.45. The predicted octanol–water partition coefficient (Wildman–Crippen LogP) is 5.31. The molecule has 0 bridgehead atoms. The van der Waals surface area contributed by atoms with Crippen LogP contribution in [0, 0.1) is 5.92 Å². The zero-order chi connectivity index (χ0) is 13.8. The molecule has 0 aromatic carbocycles. The molecule has 2 heteroatoms. The van der Waals surface area contributed by atoms with Gasteiger partial charge in [0.25, 0.3) is 0 Å². The highest BCUT2D eigenvalue weighted by atomic mass is 16.7. The van der Waals surface area contributed by atoms with Gasteiger partial charge in [-0.2, -0.15) is 0 Å². The number of unbranched alkanes of at least 4 members (excludes halogenated alkanes) is 5. The van der Waals surface area contributed by atoms with Crippen LogP contribution in [-0.2, 0) is 9.47 Å². The van der Waals surface area contributed by atoms with Gasteiger partial charge in [0.15, 0.2) is 6.29 Å². The second-order valence-electron chi connectivity index (χ2n) is 6.12. The lowest BCUT2D eigenvalue weighted by molar-refractivity contribution is -0.181. The van der Waals surface area contributed by atoms with Crippen LogP contribution in [0.5, 0.6) is 0 Å². The summed E-state index contributed by atoms with van der Waals surface area (Å²) in [5.41, 5.74) is 0. The molecule has 1 fully saturated rings. The zero-order valence-corrected chi connectivity index (χ0v) is 13.2. The molecule has 1 rings (SSSR count). The van der Waals surface area contributed by atoms with E-state index in [0.29, 0.717) is 0 Å². The first-order valence-electron chi connectivity index (χ1n) is 8.56. The standard InChI is InChI=1S/C17H34O2/c1-3-4-11-16(2)12-8-6-5-7-9-13-17-18-14-10-15-19-17/h16-17H,3-15H2,1-2H3. The van der Waals surface area contributed by atoms with Gasteiger partial charge in [-0.25, -0.2) is 0 Å². The van der Waals surface area contributed by atoms with E-state index in [-0.39, 0.29) is 6.29 Å². The largest absolute Gasteiger partial charge is 0.353 e. The maximum Gasteiger partial charge on any atom is 0.157 e. The molecule has 1 atom stereocenters. The van der Waals surface area contributed by atoms with Crippen molar-refractivity contribution in [3.8, 4) is 0 Å². The molecule has 0 N–H and O–H groups in total. The Labute approximate surface area is 120 Å². The number of rotatable bonds is 11. The van der Waals surface area contributed by atoms with Gasteiger partial charge in [0.1, 0.15) is 0 Å². The summed E-state index contributed by atoms with van der Waals surface area (Å²) in [5.74, 6) is 0.934. The molecular weight excluding hydrogens is 236 g/mol. The van der Waals surface area contributed by atoms with Crippen LogP contribution >= 0.6 is 0 Å². The maximum absolute atomic E-state index is 5.55. The molecule has 0 saturated carbocycles. The first-order valence-corrected chi connectivity index (χ1v) is 8.56. The van der Waals surface area contributed by atoms with Gasteiger partial charge in [-0.05, 0) is 25.2 Å². The monoisotopic (exact) mass is 270 g/mol. The molecule has 1 aliphatic rings. The molecule has 0 aromatic heterocycles. The molecular formula is C17H34O2. The highest BCUT2D eigenvalue weighted by Crippen LogP contribution is 2.18. The van der Waals surface area contributed by atoms with E-state index in [9.17, 15) is 0 Å². The van der Waals surface area contributed by atoms with Crippen molar-refractivity contribution in [3.63, 3.8) is 0 Å². The molecule has 0 radical (unpaired) electrons. The molecule has 1 heterocycles. The minimum atomic E-state index is 0.0998. The fraction of sp³-hybridized carbons (Fsp3) is 1.00. The lowest BCUT2D eigenvalue weighted by atomic mass is 9.97. The van der Waals surface area contributed by atoms with Crippen molar-refractivity contribution in [2.75, 3.05) is 13.2 Å². The summed E-state index contributed by atoms with van der Waals surface area (Å²) in [7, 11) is 0. The predicted molar refractivity (Wildman–Crippen MR) is 81.3 cm³/mol. The number of hydrogen-bond donors (Lipinski definition) is 0. The molecule has 2 nitrogen and oxygen atoms in total. The molecule has 19 heavy (non-hydrogen) atoms. The second-order valence-corrected chi connectivity index (χ2v) is 6.12. The van der Waals surface area contributed by atoms with Crippen LogP contribution in [0.3, 0.4) is 0 Å². The third-order valence-corrected chi connectivity index (χ3v) is 4.08. The summed E-state index contributed by atoms with van der Waals surface area (Å²) in [6.07, 6.45) is 14.7. The van der Waals surface area contributed by atoms with Gasteiger partial charge in [0.2, 0.25) is 0 Å². The van der Waals surface area contributed by atoms with Gasteiger partial charge in [0.05, 0.1) is 13.2 Å². The van der Waals surface area contributed by atoms with Gasteiger partial charge in [0, 0.05) is 0 Å². The van der Waals surface area contributed by atoms with E-state index in [2.05, 4.69) is 13.8 Å². The van der Waals surface area contributed by atoms with Gasteiger partial charge < -0.3 is 9.47 Å². The molecule has 0 aromatic rings. The summed E-state index contributed by atoms with van der Waals surface area (Å²) in [5, 5.41) is 0. The van der Waals surface area contributed by atoms with E-state index < -0.39 is 0 Å². The van der Waals surface area contributed by atoms with Crippen LogP contribution in [0.15, 0.2) is 0 Å². The molecule has 1 unspecified atom stereocenters. The summed E-state index contributed by atoms with van der Waals surface area (Å²) in [6.45, 7) is 6.47. The Bertz CT molecular complexity index is 188.